The second-order valence-corrected chi connectivity index (χ2v) is 8.82. The zero-order valence-corrected chi connectivity index (χ0v) is 16.1. The van der Waals surface area contributed by atoms with Gasteiger partial charge in [0.25, 0.3) is 0 Å². The van der Waals surface area contributed by atoms with Gasteiger partial charge in [0.05, 0.1) is 11.6 Å². The van der Waals surface area contributed by atoms with Crippen LogP contribution in [-0.2, 0) is 4.79 Å². The molecule has 5 heteroatoms. The predicted molar refractivity (Wildman–Crippen MR) is 103 cm³/mol. The lowest BCUT2D eigenvalue weighted by Gasteiger charge is -2.43. The Labute approximate surface area is 161 Å². The highest BCUT2D eigenvalue weighted by Gasteiger charge is 2.57. The molecule has 3 aliphatic rings. The van der Waals surface area contributed by atoms with Crippen LogP contribution in [0.25, 0.3) is 0 Å². The maximum absolute atomic E-state index is 12.1. The molecule has 0 spiro atoms. The van der Waals surface area contributed by atoms with E-state index >= 15 is 0 Å². The highest BCUT2D eigenvalue weighted by molar-refractivity contribution is 5.79. The molecular formula is C22H29N3O2. The molecule has 0 unspecified atom stereocenters. The molecule has 2 N–H and O–H groups in total. The number of ether oxygens (including phenoxy) is 1. The second kappa shape index (κ2) is 7.26. The number of carbonyl (C=O) groups excluding carboxylic acids is 1. The van der Waals surface area contributed by atoms with Crippen molar-refractivity contribution < 1.29 is 9.53 Å². The summed E-state index contributed by atoms with van der Waals surface area (Å²) in [5.41, 5.74) is 6.90. The van der Waals surface area contributed by atoms with Crippen molar-refractivity contribution in [2.75, 3.05) is 13.1 Å². The number of ketones is 1. The van der Waals surface area contributed by atoms with Gasteiger partial charge in [-0.3, -0.25) is 9.69 Å². The fraction of sp³-hybridized carbons (Fsp3) is 0.636. The van der Waals surface area contributed by atoms with E-state index in [1.807, 2.05) is 12.1 Å². The molecule has 1 aromatic carbocycles. The second-order valence-electron chi connectivity index (χ2n) is 8.82. The van der Waals surface area contributed by atoms with Crippen LogP contribution < -0.4 is 10.5 Å². The number of rotatable bonds is 3. The van der Waals surface area contributed by atoms with Crippen LogP contribution in [0.2, 0.25) is 0 Å². The van der Waals surface area contributed by atoms with Crippen LogP contribution in [0.15, 0.2) is 24.3 Å². The van der Waals surface area contributed by atoms with Crippen molar-refractivity contribution in [3.05, 3.63) is 29.8 Å². The Kier molecular flexibility index (Phi) is 4.96. The van der Waals surface area contributed by atoms with Gasteiger partial charge < -0.3 is 10.5 Å². The molecule has 144 valence electrons. The van der Waals surface area contributed by atoms with E-state index in [4.69, 9.17) is 15.7 Å². The molecule has 27 heavy (non-hydrogen) atoms. The molecule has 2 aliphatic carbocycles. The molecular weight excluding hydrogens is 338 g/mol. The monoisotopic (exact) mass is 367 g/mol. The number of nitrogens with two attached hydrogens (primary N) is 1. The largest absolute Gasteiger partial charge is 0.488 e. The third-order valence-corrected chi connectivity index (χ3v) is 7.08. The summed E-state index contributed by atoms with van der Waals surface area (Å²) < 4.78 is 6.58. The lowest BCUT2D eigenvalue weighted by Crippen LogP contribution is -2.54. The van der Waals surface area contributed by atoms with Gasteiger partial charge in [0.15, 0.2) is 0 Å². The van der Waals surface area contributed by atoms with Gasteiger partial charge in [-0.25, -0.2) is 0 Å². The van der Waals surface area contributed by atoms with Crippen molar-refractivity contribution in [2.24, 2.45) is 17.1 Å². The predicted octanol–water partition coefficient (Wildman–Crippen LogP) is 2.88. The first-order valence-corrected chi connectivity index (χ1v) is 10.2. The molecule has 0 amide bonds. The van der Waals surface area contributed by atoms with E-state index in [9.17, 15) is 4.79 Å². The van der Waals surface area contributed by atoms with Gasteiger partial charge >= 0.3 is 0 Å². The van der Waals surface area contributed by atoms with Crippen LogP contribution in [0.3, 0.4) is 0 Å². The average Bonchev–Trinajstić information content (AvgIpc) is 2.95. The van der Waals surface area contributed by atoms with Gasteiger partial charge in [0.1, 0.15) is 17.6 Å². The van der Waals surface area contributed by atoms with E-state index in [2.05, 4.69) is 17.9 Å². The van der Waals surface area contributed by atoms with Crippen molar-refractivity contribution in [3.8, 4) is 11.8 Å². The number of hydrogen-bond acceptors (Lipinski definition) is 5. The van der Waals surface area contributed by atoms with E-state index in [1.54, 1.807) is 12.1 Å². The van der Waals surface area contributed by atoms with Crippen LogP contribution in [0.1, 0.15) is 51.0 Å². The van der Waals surface area contributed by atoms with Crippen molar-refractivity contribution in [3.63, 3.8) is 0 Å². The summed E-state index contributed by atoms with van der Waals surface area (Å²) in [5.74, 6) is 1.58. The molecule has 0 aromatic heterocycles. The molecule has 5 nitrogen and oxygen atoms in total. The van der Waals surface area contributed by atoms with Gasteiger partial charge in [-0.15, -0.1) is 0 Å². The van der Waals surface area contributed by atoms with E-state index in [-0.39, 0.29) is 17.6 Å². The van der Waals surface area contributed by atoms with Crippen LogP contribution >= 0.6 is 0 Å². The lowest BCUT2D eigenvalue weighted by atomic mass is 9.68. The van der Waals surface area contributed by atoms with Crippen LogP contribution in [0, 0.1) is 22.7 Å². The van der Waals surface area contributed by atoms with E-state index in [0.29, 0.717) is 36.1 Å². The van der Waals surface area contributed by atoms with Gasteiger partial charge in [-0.05, 0) is 62.4 Å². The molecule has 1 saturated heterocycles. The standard InChI is InChI=1S/C22H29N3O2/c1-22-9-8-18(26)11-16(22)12-20(25-10-2-3-17(24)14-25)21(22)27-19-6-4-15(13-23)5-7-19/h4-7,16-17,20-21H,2-3,8-12,14,24H2,1H3/t16-,17-,20-,21+,22-/m1/s1. The molecule has 0 radical (unpaired) electrons. The number of Topliss-reactive ketones (excluding diaryl/α,β-unsaturated/α-hetero) is 1. The van der Waals surface area contributed by atoms with Crippen LogP contribution in [0.5, 0.6) is 5.75 Å². The number of nitriles is 1. The van der Waals surface area contributed by atoms with Gasteiger partial charge in [-0.1, -0.05) is 6.92 Å². The summed E-state index contributed by atoms with van der Waals surface area (Å²) in [4.78, 5) is 14.6. The van der Waals surface area contributed by atoms with Crippen molar-refractivity contribution in [2.45, 2.75) is 63.6 Å². The SMILES string of the molecule is C[C@@]12CCC(=O)C[C@@H]1C[C@@H](N1CCC[C@@H](N)C1)[C@@H]2Oc1ccc(C#N)cc1. The molecule has 1 heterocycles. The smallest absolute Gasteiger partial charge is 0.133 e. The molecule has 1 aliphatic heterocycles. The summed E-state index contributed by atoms with van der Waals surface area (Å²) in [6.07, 6.45) is 5.51. The summed E-state index contributed by atoms with van der Waals surface area (Å²) in [6.45, 7) is 4.28. The molecule has 0 bridgehead atoms. The maximum atomic E-state index is 12.1. The highest BCUT2D eigenvalue weighted by Crippen LogP contribution is 2.54. The van der Waals surface area contributed by atoms with E-state index in [1.165, 1.54) is 0 Å². The van der Waals surface area contributed by atoms with Crippen molar-refractivity contribution in [1.82, 2.24) is 4.90 Å². The Morgan fingerprint density at radius 1 is 1.33 bits per heavy atom. The molecule has 2 saturated carbocycles. The van der Waals surface area contributed by atoms with Crippen molar-refractivity contribution >= 4 is 5.78 Å². The normalized spacial score (nSPS) is 36.9. The number of benzene rings is 1. The van der Waals surface area contributed by atoms with E-state index < -0.39 is 0 Å². The number of fused-ring (bicyclic) bond motifs is 1. The average molecular weight is 367 g/mol. The third-order valence-electron chi connectivity index (χ3n) is 7.08. The zero-order valence-electron chi connectivity index (χ0n) is 16.1. The molecule has 1 aromatic rings. The fourth-order valence-electron chi connectivity index (χ4n) is 5.45. The molecule has 4 rings (SSSR count). The zero-order chi connectivity index (χ0) is 19.0. The Bertz CT molecular complexity index is 741. The van der Waals surface area contributed by atoms with Crippen molar-refractivity contribution in [1.29, 1.82) is 5.26 Å². The topological polar surface area (TPSA) is 79.3 Å². The maximum Gasteiger partial charge on any atom is 0.133 e. The van der Waals surface area contributed by atoms with Crippen LogP contribution in [0.4, 0.5) is 0 Å². The summed E-state index contributed by atoms with van der Waals surface area (Å²) in [5, 5.41) is 9.03. The van der Waals surface area contributed by atoms with Gasteiger partial charge in [0.2, 0.25) is 0 Å². The Morgan fingerprint density at radius 3 is 2.81 bits per heavy atom. The Morgan fingerprint density at radius 2 is 2.11 bits per heavy atom. The third kappa shape index (κ3) is 3.49. The van der Waals surface area contributed by atoms with Crippen LogP contribution in [-0.4, -0.2) is 42.0 Å². The quantitative estimate of drug-likeness (QED) is 0.889. The lowest BCUT2D eigenvalue weighted by molar-refractivity contribution is -0.125. The minimum atomic E-state index is 0.00796. The summed E-state index contributed by atoms with van der Waals surface area (Å²) in [6, 6.07) is 10.1. The minimum Gasteiger partial charge on any atom is -0.488 e. The highest BCUT2D eigenvalue weighted by atomic mass is 16.5. The Balaban J connectivity index is 1.61. The van der Waals surface area contributed by atoms with Gasteiger partial charge in [-0.2, -0.15) is 5.26 Å². The molecule has 5 atom stereocenters. The summed E-state index contributed by atoms with van der Waals surface area (Å²) in [7, 11) is 0. The summed E-state index contributed by atoms with van der Waals surface area (Å²) >= 11 is 0. The minimum absolute atomic E-state index is 0.00796. The number of carbonyl (C=O) groups is 1. The number of nitrogens with zero attached hydrogens (tertiary/aromatic N) is 2. The number of piperidine rings is 1. The van der Waals surface area contributed by atoms with Gasteiger partial charge in [0, 0.05) is 36.9 Å². The first-order chi connectivity index (χ1) is 13.0. The Hall–Kier alpha value is -1.90. The first kappa shape index (κ1) is 18.5. The number of likely N-dealkylation sites (tertiary alicyclic amines) is 1. The molecule has 3 fully saturated rings. The number of hydrogen-bond donors (Lipinski definition) is 1. The first-order valence-electron chi connectivity index (χ1n) is 10.2. The van der Waals surface area contributed by atoms with E-state index in [0.717, 1.165) is 44.5 Å². The fourth-order valence-corrected chi connectivity index (χ4v) is 5.45.